The van der Waals surface area contributed by atoms with E-state index in [1.165, 1.54) is 10.4 Å². The fourth-order valence-electron chi connectivity index (χ4n) is 3.88. The van der Waals surface area contributed by atoms with Gasteiger partial charge in [0.1, 0.15) is 0 Å². The Morgan fingerprint density at radius 1 is 0.912 bits per heavy atom. The number of para-hydroxylation sites is 1. The van der Waals surface area contributed by atoms with Gasteiger partial charge in [-0.3, -0.25) is 4.79 Å². The molecule has 0 bridgehead atoms. The topological polar surface area (TPSA) is 78.3 Å². The lowest BCUT2D eigenvalue weighted by Gasteiger charge is -2.20. The number of ether oxygens (including phenoxy) is 2. The number of aromatic nitrogens is 3. The maximum Gasteiger partial charge on any atom is 0.273 e. The van der Waals surface area contributed by atoms with Gasteiger partial charge in [-0.05, 0) is 48.7 Å². The normalized spacial score (nSPS) is 11.6. The monoisotopic (exact) mass is 456 g/mol. The number of nitrogens with one attached hydrogen (secondary N) is 1. The number of hydrogen-bond donors (Lipinski definition) is 1. The molecule has 0 aliphatic heterocycles. The van der Waals surface area contributed by atoms with Crippen LogP contribution in [0.5, 0.6) is 11.5 Å². The number of rotatable bonds is 9. The van der Waals surface area contributed by atoms with Crippen molar-refractivity contribution >= 4 is 5.91 Å². The highest BCUT2D eigenvalue weighted by atomic mass is 16.5. The quantitative estimate of drug-likeness (QED) is 0.405. The molecule has 3 aromatic carbocycles. The Morgan fingerprint density at radius 2 is 1.59 bits per heavy atom. The Hall–Kier alpha value is -4.13. The van der Waals surface area contributed by atoms with Crippen LogP contribution in [0.1, 0.15) is 33.2 Å². The van der Waals surface area contributed by atoms with Gasteiger partial charge in [-0.2, -0.15) is 9.90 Å². The molecule has 1 unspecified atom stereocenters. The molecule has 1 heterocycles. The second-order valence-electron chi connectivity index (χ2n) is 7.97. The van der Waals surface area contributed by atoms with Crippen LogP contribution in [-0.2, 0) is 6.42 Å². The lowest BCUT2D eigenvalue weighted by atomic mass is 9.91. The maximum atomic E-state index is 13.1. The van der Waals surface area contributed by atoms with Crippen LogP contribution >= 0.6 is 0 Å². The first kappa shape index (κ1) is 23.0. The first-order valence-corrected chi connectivity index (χ1v) is 11.1. The lowest BCUT2D eigenvalue weighted by molar-refractivity contribution is 0.0945. The highest BCUT2D eigenvalue weighted by molar-refractivity contribution is 5.93. The van der Waals surface area contributed by atoms with Crippen molar-refractivity contribution in [3.05, 3.63) is 101 Å². The molecular formula is C27H28N4O3. The van der Waals surface area contributed by atoms with Crippen molar-refractivity contribution in [2.75, 3.05) is 20.8 Å². The standard InChI is InChI=1S/C27H28N4O3/c1-19-26(30-31(29-19)23-12-8-5-9-13-23)27(32)28-18-22(16-20-10-6-4-7-11-20)21-14-15-24(33-2)25(17-21)34-3/h4-15,17,22H,16,18H2,1-3H3,(H,28,32). The average Bonchev–Trinajstić information content (AvgIpc) is 3.28. The second kappa shape index (κ2) is 10.7. The minimum absolute atomic E-state index is 0.0237. The number of benzene rings is 3. The molecule has 0 aliphatic rings. The van der Waals surface area contributed by atoms with Crippen molar-refractivity contribution in [2.45, 2.75) is 19.3 Å². The Morgan fingerprint density at radius 3 is 2.26 bits per heavy atom. The fourth-order valence-corrected chi connectivity index (χ4v) is 3.88. The van der Waals surface area contributed by atoms with Gasteiger partial charge in [-0.25, -0.2) is 0 Å². The number of methoxy groups -OCH3 is 2. The van der Waals surface area contributed by atoms with Gasteiger partial charge in [-0.15, -0.1) is 5.10 Å². The van der Waals surface area contributed by atoms with E-state index in [0.29, 0.717) is 29.4 Å². The third kappa shape index (κ3) is 5.26. The first-order valence-electron chi connectivity index (χ1n) is 11.1. The molecule has 0 radical (unpaired) electrons. The van der Waals surface area contributed by atoms with Crippen LogP contribution in [0.2, 0.25) is 0 Å². The summed E-state index contributed by atoms with van der Waals surface area (Å²) in [5.41, 5.74) is 3.92. The van der Waals surface area contributed by atoms with Crippen molar-refractivity contribution in [3.8, 4) is 17.2 Å². The van der Waals surface area contributed by atoms with Gasteiger partial charge in [0.15, 0.2) is 17.2 Å². The van der Waals surface area contributed by atoms with E-state index in [2.05, 4.69) is 27.6 Å². The van der Waals surface area contributed by atoms with Crippen LogP contribution in [0.25, 0.3) is 5.69 Å². The minimum atomic E-state index is -0.252. The number of carbonyl (C=O) groups is 1. The van der Waals surface area contributed by atoms with E-state index >= 15 is 0 Å². The fraction of sp³-hybridized carbons (Fsp3) is 0.222. The molecule has 1 atom stereocenters. The summed E-state index contributed by atoms with van der Waals surface area (Å²) in [6, 6.07) is 25.6. The molecule has 4 aromatic rings. The summed E-state index contributed by atoms with van der Waals surface area (Å²) in [5, 5.41) is 11.9. The summed E-state index contributed by atoms with van der Waals surface area (Å²) in [6.07, 6.45) is 0.756. The highest BCUT2D eigenvalue weighted by Crippen LogP contribution is 2.32. The van der Waals surface area contributed by atoms with Crippen LogP contribution in [0.3, 0.4) is 0 Å². The van der Waals surface area contributed by atoms with Crippen molar-refractivity contribution in [1.82, 2.24) is 20.3 Å². The van der Waals surface area contributed by atoms with Crippen molar-refractivity contribution < 1.29 is 14.3 Å². The lowest BCUT2D eigenvalue weighted by Crippen LogP contribution is -2.30. The van der Waals surface area contributed by atoms with E-state index in [4.69, 9.17) is 9.47 Å². The Kier molecular flexibility index (Phi) is 7.22. The van der Waals surface area contributed by atoms with Crippen LogP contribution in [-0.4, -0.2) is 41.7 Å². The highest BCUT2D eigenvalue weighted by Gasteiger charge is 2.20. The summed E-state index contributed by atoms with van der Waals surface area (Å²) < 4.78 is 10.9. The summed E-state index contributed by atoms with van der Waals surface area (Å²) in [5.74, 6) is 1.10. The average molecular weight is 457 g/mol. The molecule has 1 N–H and O–H groups in total. The molecule has 174 valence electrons. The number of aryl methyl sites for hydroxylation is 1. The zero-order valence-corrected chi connectivity index (χ0v) is 19.6. The molecule has 4 rings (SSSR count). The maximum absolute atomic E-state index is 13.1. The van der Waals surface area contributed by atoms with E-state index in [-0.39, 0.29) is 11.8 Å². The van der Waals surface area contributed by atoms with E-state index in [9.17, 15) is 4.79 Å². The molecule has 1 aromatic heterocycles. The van der Waals surface area contributed by atoms with E-state index in [0.717, 1.165) is 17.7 Å². The Labute approximate surface area is 199 Å². The van der Waals surface area contributed by atoms with Crippen LogP contribution in [0, 0.1) is 6.92 Å². The van der Waals surface area contributed by atoms with Gasteiger partial charge in [0, 0.05) is 12.5 Å². The smallest absolute Gasteiger partial charge is 0.273 e. The zero-order valence-electron chi connectivity index (χ0n) is 19.6. The molecule has 34 heavy (non-hydrogen) atoms. The second-order valence-corrected chi connectivity index (χ2v) is 7.97. The summed E-state index contributed by atoms with van der Waals surface area (Å²) in [4.78, 5) is 14.5. The molecule has 0 fully saturated rings. The summed E-state index contributed by atoms with van der Waals surface area (Å²) >= 11 is 0. The van der Waals surface area contributed by atoms with Gasteiger partial charge in [0.2, 0.25) is 0 Å². The SMILES string of the molecule is COc1ccc(C(CNC(=O)c2nn(-c3ccccc3)nc2C)Cc2ccccc2)cc1OC. The predicted octanol–water partition coefficient (Wildman–Crippen LogP) is 4.35. The van der Waals surface area contributed by atoms with Gasteiger partial charge < -0.3 is 14.8 Å². The Bertz CT molecular complexity index is 1240. The summed E-state index contributed by atoms with van der Waals surface area (Å²) in [7, 11) is 3.23. The first-order chi connectivity index (χ1) is 16.6. The number of nitrogens with zero attached hydrogens (tertiary/aromatic N) is 3. The molecule has 0 saturated carbocycles. The zero-order chi connectivity index (χ0) is 23.9. The van der Waals surface area contributed by atoms with Crippen LogP contribution < -0.4 is 14.8 Å². The molecule has 7 heteroatoms. The van der Waals surface area contributed by atoms with Crippen LogP contribution in [0.15, 0.2) is 78.9 Å². The van der Waals surface area contributed by atoms with Crippen molar-refractivity contribution in [1.29, 1.82) is 0 Å². The largest absolute Gasteiger partial charge is 0.493 e. The minimum Gasteiger partial charge on any atom is -0.493 e. The van der Waals surface area contributed by atoms with E-state index in [1.54, 1.807) is 21.1 Å². The summed E-state index contributed by atoms with van der Waals surface area (Å²) in [6.45, 7) is 2.22. The molecule has 7 nitrogen and oxygen atoms in total. The van der Waals surface area contributed by atoms with Crippen LogP contribution in [0.4, 0.5) is 0 Å². The van der Waals surface area contributed by atoms with E-state index in [1.807, 2.05) is 66.7 Å². The molecular weight excluding hydrogens is 428 g/mol. The molecule has 0 spiro atoms. The van der Waals surface area contributed by atoms with Crippen molar-refractivity contribution in [2.24, 2.45) is 0 Å². The van der Waals surface area contributed by atoms with Crippen molar-refractivity contribution in [3.63, 3.8) is 0 Å². The molecule has 1 amide bonds. The molecule has 0 aliphatic carbocycles. The van der Waals surface area contributed by atoms with Gasteiger partial charge in [0.05, 0.1) is 25.6 Å². The third-order valence-electron chi connectivity index (χ3n) is 5.70. The van der Waals surface area contributed by atoms with E-state index < -0.39 is 0 Å². The van der Waals surface area contributed by atoms with Gasteiger partial charge in [-0.1, -0.05) is 54.6 Å². The molecule has 0 saturated heterocycles. The number of hydrogen-bond acceptors (Lipinski definition) is 5. The number of amides is 1. The van der Waals surface area contributed by atoms with Gasteiger partial charge >= 0.3 is 0 Å². The number of carbonyl (C=O) groups excluding carboxylic acids is 1. The predicted molar refractivity (Wildman–Crippen MR) is 131 cm³/mol. The van der Waals surface area contributed by atoms with Gasteiger partial charge in [0.25, 0.3) is 5.91 Å². The third-order valence-corrected chi connectivity index (χ3v) is 5.70. The Balaban J connectivity index is 1.55.